The molecule has 0 fully saturated rings. The standard InChI is InChI=1S/C20H19N3O4S/c1-25-15-10-9-13(11-16(15)26-2)12-21-23-20-22-17(14-7-5-4-6-8-14)18(28-20)19(24)27-3/h4-12H,1-3H3,(H,22,23)/b21-12-. The SMILES string of the molecule is COC(=O)c1sc(N/N=C\c2ccc(OC)c(OC)c2)nc1-c1ccccc1. The van der Waals surface area contributed by atoms with Gasteiger partial charge in [0.15, 0.2) is 11.5 Å². The molecule has 28 heavy (non-hydrogen) atoms. The molecule has 0 radical (unpaired) electrons. The molecule has 0 bridgehead atoms. The van der Waals surface area contributed by atoms with Crippen LogP contribution in [0.2, 0.25) is 0 Å². The van der Waals surface area contributed by atoms with Crippen molar-refractivity contribution in [1.29, 1.82) is 0 Å². The number of hydrogen-bond donors (Lipinski definition) is 1. The molecule has 1 aromatic heterocycles. The molecule has 0 aliphatic rings. The maximum absolute atomic E-state index is 12.1. The average molecular weight is 397 g/mol. The van der Waals surface area contributed by atoms with E-state index in [9.17, 15) is 4.79 Å². The van der Waals surface area contributed by atoms with Gasteiger partial charge in [-0.3, -0.25) is 5.43 Å². The number of rotatable bonds is 7. The van der Waals surface area contributed by atoms with Crippen molar-refractivity contribution in [3.8, 4) is 22.8 Å². The molecule has 0 aliphatic carbocycles. The largest absolute Gasteiger partial charge is 0.493 e. The first kappa shape index (κ1) is 19.4. The van der Waals surface area contributed by atoms with Crippen LogP contribution in [0.3, 0.4) is 0 Å². The van der Waals surface area contributed by atoms with Crippen molar-refractivity contribution in [3.05, 3.63) is 59.0 Å². The van der Waals surface area contributed by atoms with Gasteiger partial charge in [-0.15, -0.1) is 0 Å². The minimum Gasteiger partial charge on any atom is -0.493 e. The van der Waals surface area contributed by atoms with Crippen molar-refractivity contribution in [2.75, 3.05) is 26.8 Å². The summed E-state index contributed by atoms with van der Waals surface area (Å²) in [4.78, 5) is 17.0. The van der Waals surface area contributed by atoms with Gasteiger partial charge < -0.3 is 14.2 Å². The first-order valence-electron chi connectivity index (χ1n) is 8.32. The molecule has 1 N–H and O–H groups in total. The number of carbonyl (C=O) groups is 1. The lowest BCUT2D eigenvalue weighted by molar-refractivity contribution is 0.0607. The highest BCUT2D eigenvalue weighted by Gasteiger charge is 2.19. The summed E-state index contributed by atoms with van der Waals surface area (Å²) in [5.41, 5.74) is 5.07. The third kappa shape index (κ3) is 4.29. The van der Waals surface area contributed by atoms with Crippen LogP contribution in [0.5, 0.6) is 11.5 Å². The lowest BCUT2D eigenvalue weighted by Crippen LogP contribution is -2.00. The van der Waals surface area contributed by atoms with E-state index in [1.165, 1.54) is 18.4 Å². The Balaban J connectivity index is 1.82. The molecule has 0 aliphatic heterocycles. The number of methoxy groups -OCH3 is 3. The fourth-order valence-electron chi connectivity index (χ4n) is 2.49. The highest BCUT2D eigenvalue weighted by Crippen LogP contribution is 2.32. The second-order valence-electron chi connectivity index (χ2n) is 5.54. The zero-order chi connectivity index (χ0) is 19.9. The number of ether oxygens (including phenoxy) is 3. The molecule has 1 heterocycles. The Morgan fingerprint density at radius 1 is 1.07 bits per heavy atom. The maximum atomic E-state index is 12.1. The van der Waals surface area contributed by atoms with Crippen LogP contribution in [-0.4, -0.2) is 38.5 Å². The van der Waals surface area contributed by atoms with Crippen LogP contribution in [0.25, 0.3) is 11.3 Å². The third-order valence-corrected chi connectivity index (χ3v) is 4.77. The van der Waals surface area contributed by atoms with Gasteiger partial charge in [-0.2, -0.15) is 5.10 Å². The number of esters is 1. The monoisotopic (exact) mass is 397 g/mol. The zero-order valence-electron chi connectivity index (χ0n) is 15.6. The molecule has 7 nitrogen and oxygen atoms in total. The second kappa shape index (κ2) is 9.01. The highest BCUT2D eigenvalue weighted by atomic mass is 32.1. The number of thiazole rings is 1. The predicted octanol–water partition coefficient (Wildman–Crippen LogP) is 4.06. The van der Waals surface area contributed by atoms with Crippen molar-refractivity contribution in [2.45, 2.75) is 0 Å². The van der Waals surface area contributed by atoms with E-state index >= 15 is 0 Å². The van der Waals surface area contributed by atoms with Crippen molar-refractivity contribution in [1.82, 2.24) is 4.98 Å². The topological polar surface area (TPSA) is 82.0 Å². The molecule has 0 saturated heterocycles. The molecular weight excluding hydrogens is 378 g/mol. The number of anilines is 1. The average Bonchev–Trinajstić information content (AvgIpc) is 3.18. The number of hydrogen-bond acceptors (Lipinski definition) is 8. The fourth-order valence-corrected chi connectivity index (χ4v) is 3.34. The lowest BCUT2D eigenvalue weighted by Gasteiger charge is -2.07. The van der Waals surface area contributed by atoms with E-state index in [1.54, 1.807) is 32.6 Å². The van der Waals surface area contributed by atoms with Gasteiger partial charge in [0.1, 0.15) is 4.88 Å². The van der Waals surface area contributed by atoms with Gasteiger partial charge in [0.25, 0.3) is 0 Å². The molecule has 3 rings (SSSR count). The summed E-state index contributed by atoms with van der Waals surface area (Å²) in [6.07, 6.45) is 1.63. The van der Waals surface area contributed by atoms with Gasteiger partial charge in [0.05, 0.1) is 33.2 Å². The summed E-state index contributed by atoms with van der Waals surface area (Å²) >= 11 is 1.18. The normalized spacial score (nSPS) is 10.7. The van der Waals surface area contributed by atoms with Crippen LogP contribution in [0.15, 0.2) is 53.6 Å². The Hall–Kier alpha value is -3.39. The molecule has 0 spiro atoms. The van der Waals surface area contributed by atoms with Crippen molar-refractivity contribution < 1.29 is 19.0 Å². The Morgan fingerprint density at radius 3 is 2.50 bits per heavy atom. The molecule has 3 aromatic rings. The molecule has 8 heteroatoms. The number of carbonyl (C=O) groups excluding carboxylic acids is 1. The number of aromatic nitrogens is 1. The molecule has 0 amide bonds. The minimum atomic E-state index is -0.437. The van der Waals surface area contributed by atoms with Crippen LogP contribution in [0.1, 0.15) is 15.2 Å². The summed E-state index contributed by atoms with van der Waals surface area (Å²) in [6, 6.07) is 14.9. The molecule has 0 unspecified atom stereocenters. The van der Waals surface area contributed by atoms with Crippen molar-refractivity contribution >= 4 is 28.7 Å². The summed E-state index contributed by atoms with van der Waals surface area (Å²) in [5, 5.41) is 4.68. The minimum absolute atomic E-state index is 0.414. The van der Waals surface area contributed by atoms with E-state index in [-0.39, 0.29) is 0 Å². The van der Waals surface area contributed by atoms with E-state index in [1.807, 2.05) is 36.4 Å². The zero-order valence-corrected chi connectivity index (χ0v) is 16.4. The van der Waals surface area contributed by atoms with Gasteiger partial charge in [-0.1, -0.05) is 41.7 Å². The van der Waals surface area contributed by atoms with Gasteiger partial charge in [-0.25, -0.2) is 9.78 Å². The van der Waals surface area contributed by atoms with Crippen molar-refractivity contribution in [3.63, 3.8) is 0 Å². The van der Waals surface area contributed by atoms with Crippen molar-refractivity contribution in [2.24, 2.45) is 5.10 Å². The van der Waals surface area contributed by atoms with Gasteiger partial charge in [0.2, 0.25) is 5.13 Å². The van der Waals surface area contributed by atoms with E-state index in [4.69, 9.17) is 14.2 Å². The molecule has 144 valence electrons. The second-order valence-corrected chi connectivity index (χ2v) is 6.54. The fraction of sp³-hybridized carbons (Fsp3) is 0.150. The van der Waals surface area contributed by atoms with Gasteiger partial charge >= 0.3 is 5.97 Å². The summed E-state index contributed by atoms with van der Waals surface area (Å²) < 4.78 is 15.4. The smallest absolute Gasteiger partial charge is 0.350 e. The van der Waals surface area contributed by atoms with E-state index in [0.717, 1.165) is 11.1 Å². The Morgan fingerprint density at radius 2 is 1.82 bits per heavy atom. The van der Waals surface area contributed by atoms with Crippen LogP contribution in [0, 0.1) is 0 Å². The number of nitrogens with zero attached hydrogens (tertiary/aromatic N) is 2. The van der Waals surface area contributed by atoms with Crippen LogP contribution in [-0.2, 0) is 4.74 Å². The molecular formula is C20H19N3O4S. The first-order valence-corrected chi connectivity index (χ1v) is 9.13. The maximum Gasteiger partial charge on any atom is 0.350 e. The highest BCUT2D eigenvalue weighted by molar-refractivity contribution is 7.17. The number of hydrazone groups is 1. The lowest BCUT2D eigenvalue weighted by atomic mass is 10.1. The van der Waals surface area contributed by atoms with Crippen LogP contribution < -0.4 is 14.9 Å². The Labute approximate surface area is 166 Å². The molecule has 0 saturated carbocycles. The molecule has 0 atom stereocenters. The quantitative estimate of drug-likeness (QED) is 0.368. The van der Waals surface area contributed by atoms with E-state index in [0.29, 0.717) is 27.2 Å². The Kier molecular flexibility index (Phi) is 6.23. The number of benzene rings is 2. The third-order valence-electron chi connectivity index (χ3n) is 3.83. The van der Waals surface area contributed by atoms with Crippen LogP contribution >= 0.6 is 11.3 Å². The van der Waals surface area contributed by atoms with Gasteiger partial charge in [-0.05, 0) is 23.8 Å². The van der Waals surface area contributed by atoms with Gasteiger partial charge in [0, 0.05) is 5.56 Å². The van der Waals surface area contributed by atoms with E-state index < -0.39 is 5.97 Å². The Bertz CT molecular complexity index is 986. The number of nitrogens with one attached hydrogen (secondary N) is 1. The first-order chi connectivity index (χ1) is 13.7. The summed E-state index contributed by atoms with van der Waals surface area (Å²) in [5.74, 6) is 0.816. The molecule has 2 aromatic carbocycles. The summed E-state index contributed by atoms with van der Waals surface area (Å²) in [7, 11) is 4.50. The van der Waals surface area contributed by atoms with E-state index in [2.05, 4.69) is 15.5 Å². The van der Waals surface area contributed by atoms with Crippen LogP contribution in [0.4, 0.5) is 5.13 Å². The summed E-state index contributed by atoms with van der Waals surface area (Å²) in [6.45, 7) is 0. The predicted molar refractivity (Wildman–Crippen MR) is 110 cm³/mol.